The number of likely N-dealkylation sites (tertiary alicyclic amines) is 1. The predicted molar refractivity (Wildman–Crippen MR) is 127 cm³/mol. The van der Waals surface area contributed by atoms with Crippen LogP contribution in [-0.2, 0) is 6.54 Å². The second-order valence-corrected chi connectivity index (χ2v) is 10.7. The van der Waals surface area contributed by atoms with Gasteiger partial charge in [-0.15, -0.1) is 11.8 Å². The Labute approximate surface area is 188 Å². The zero-order valence-electron chi connectivity index (χ0n) is 18.5. The van der Waals surface area contributed by atoms with Gasteiger partial charge in [-0.2, -0.15) is 0 Å². The first-order chi connectivity index (χ1) is 15.0. The van der Waals surface area contributed by atoms with Crippen molar-refractivity contribution in [3.63, 3.8) is 0 Å². The van der Waals surface area contributed by atoms with Crippen molar-refractivity contribution in [1.82, 2.24) is 19.4 Å². The van der Waals surface area contributed by atoms with Gasteiger partial charge < -0.3 is 9.30 Å². The number of rotatable bonds is 3. The van der Waals surface area contributed by atoms with Crippen LogP contribution in [-0.4, -0.2) is 49.9 Å². The maximum absolute atomic E-state index is 6.04. The Morgan fingerprint density at radius 3 is 2.68 bits per heavy atom. The van der Waals surface area contributed by atoms with Crippen molar-refractivity contribution in [3.05, 3.63) is 48.9 Å². The molecule has 1 aromatic carbocycles. The van der Waals surface area contributed by atoms with Crippen LogP contribution in [0.5, 0.6) is 5.75 Å². The molecular weight excluding hydrogens is 404 g/mol. The Morgan fingerprint density at radius 1 is 1.10 bits per heavy atom. The fraction of sp³-hybridized carbons (Fsp3) is 0.440. The SMILES string of the molecule is CC(C)(C)N1CCC(Sc2ccc3c(c2)-c2nc(-c4cccnc4)cn2CCO3)CC1. The lowest BCUT2D eigenvalue weighted by Crippen LogP contribution is -2.46. The summed E-state index contributed by atoms with van der Waals surface area (Å²) >= 11 is 2.01. The van der Waals surface area contributed by atoms with Crippen molar-refractivity contribution < 1.29 is 4.74 Å². The smallest absolute Gasteiger partial charge is 0.144 e. The summed E-state index contributed by atoms with van der Waals surface area (Å²) in [6.45, 7) is 10.7. The van der Waals surface area contributed by atoms with Gasteiger partial charge in [0.15, 0.2) is 0 Å². The molecule has 31 heavy (non-hydrogen) atoms. The van der Waals surface area contributed by atoms with Crippen LogP contribution >= 0.6 is 11.8 Å². The highest BCUT2D eigenvalue weighted by Crippen LogP contribution is 2.39. The van der Waals surface area contributed by atoms with Gasteiger partial charge in [0, 0.05) is 39.8 Å². The molecule has 0 aliphatic carbocycles. The Morgan fingerprint density at radius 2 is 1.94 bits per heavy atom. The van der Waals surface area contributed by atoms with Crippen LogP contribution in [0.25, 0.3) is 22.6 Å². The molecule has 0 amide bonds. The highest BCUT2D eigenvalue weighted by Gasteiger charge is 2.28. The molecule has 2 aliphatic rings. The topological polar surface area (TPSA) is 43.2 Å². The van der Waals surface area contributed by atoms with Crippen molar-refractivity contribution in [2.75, 3.05) is 19.7 Å². The number of nitrogens with zero attached hydrogens (tertiary/aromatic N) is 4. The van der Waals surface area contributed by atoms with E-state index < -0.39 is 0 Å². The van der Waals surface area contributed by atoms with Crippen molar-refractivity contribution in [2.45, 2.75) is 55.8 Å². The van der Waals surface area contributed by atoms with Gasteiger partial charge in [0.1, 0.15) is 18.2 Å². The van der Waals surface area contributed by atoms with Crippen LogP contribution < -0.4 is 4.74 Å². The fourth-order valence-electron chi connectivity index (χ4n) is 4.43. The first-order valence-electron chi connectivity index (χ1n) is 11.1. The Kier molecular flexibility index (Phi) is 5.52. The summed E-state index contributed by atoms with van der Waals surface area (Å²) in [5.74, 6) is 1.91. The second kappa shape index (κ2) is 8.32. The minimum absolute atomic E-state index is 0.264. The summed E-state index contributed by atoms with van der Waals surface area (Å²) in [5.41, 5.74) is 3.36. The van der Waals surface area contributed by atoms with E-state index in [1.54, 1.807) is 6.20 Å². The summed E-state index contributed by atoms with van der Waals surface area (Å²) in [5, 5.41) is 0.661. The number of hydrogen-bond donors (Lipinski definition) is 0. The van der Waals surface area contributed by atoms with Gasteiger partial charge in [-0.3, -0.25) is 9.88 Å². The van der Waals surface area contributed by atoms with Gasteiger partial charge >= 0.3 is 0 Å². The average Bonchev–Trinajstić information content (AvgIpc) is 3.12. The number of hydrogen-bond acceptors (Lipinski definition) is 5. The number of benzene rings is 1. The number of thioether (sulfide) groups is 1. The maximum atomic E-state index is 6.04. The highest BCUT2D eigenvalue weighted by atomic mass is 32.2. The summed E-state index contributed by atoms with van der Waals surface area (Å²) in [6.07, 6.45) is 8.25. The van der Waals surface area contributed by atoms with Crippen LogP contribution in [0.1, 0.15) is 33.6 Å². The molecule has 0 bridgehead atoms. The molecular formula is C25H30N4OS. The molecule has 0 N–H and O–H groups in total. The standard InChI is InChI=1S/C25H30N4OS/c1-25(2,3)29-11-8-19(9-12-29)31-20-6-7-23-21(15-20)24-27-22(17-28(24)13-14-30-23)18-5-4-10-26-16-18/h4-7,10,15-17,19H,8-9,11-14H2,1-3H3. The Hall–Kier alpha value is -2.31. The van der Waals surface area contributed by atoms with Crippen LogP contribution in [0.2, 0.25) is 0 Å². The Bertz CT molecular complexity index is 1050. The minimum atomic E-state index is 0.264. The third-order valence-electron chi connectivity index (χ3n) is 6.21. The van der Waals surface area contributed by atoms with Crippen LogP contribution in [0.3, 0.4) is 0 Å². The minimum Gasteiger partial charge on any atom is -0.491 e. The summed E-state index contributed by atoms with van der Waals surface area (Å²) in [6, 6.07) is 10.6. The lowest BCUT2D eigenvalue weighted by Gasteiger charge is -2.40. The number of imidazole rings is 1. The van der Waals surface area contributed by atoms with Crippen LogP contribution in [0.4, 0.5) is 0 Å². The quantitative estimate of drug-likeness (QED) is 0.555. The maximum Gasteiger partial charge on any atom is 0.144 e. The summed E-state index contributed by atoms with van der Waals surface area (Å²) < 4.78 is 8.25. The van der Waals surface area contributed by atoms with E-state index in [9.17, 15) is 0 Å². The number of pyridine rings is 1. The molecule has 5 rings (SSSR count). The highest BCUT2D eigenvalue weighted by molar-refractivity contribution is 8.00. The fourth-order valence-corrected chi connectivity index (χ4v) is 5.59. The molecule has 0 unspecified atom stereocenters. The molecule has 0 radical (unpaired) electrons. The summed E-state index contributed by atoms with van der Waals surface area (Å²) in [4.78, 5) is 13.1. The third kappa shape index (κ3) is 4.37. The lowest BCUT2D eigenvalue weighted by molar-refractivity contribution is 0.113. The molecule has 5 nitrogen and oxygen atoms in total. The number of fused-ring (bicyclic) bond motifs is 3. The van der Waals surface area contributed by atoms with E-state index in [-0.39, 0.29) is 5.54 Å². The van der Waals surface area contributed by atoms with Crippen molar-refractivity contribution in [2.24, 2.45) is 0 Å². The first kappa shape index (κ1) is 20.6. The molecule has 4 heterocycles. The molecule has 1 fully saturated rings. The van der Waals surface area contributed by atoms with Gasteiger partial charge in [-0.25, -0.2) is 4.98 Å². The van der Waals surface area contributed by atoms with Gasteiger partial charge in [0.25, 0.3) is 0 Å². The van der Waals surface area contributed by atoms with E-state index in [2.05, 4.69) is 65.7 Å². The molecule has 3 aromatic rings. The molecule has 162 valence electrons. The third-order valence-corrected chi connectivity index (χ3v) is 7.54. The van der Waals surface area contributed by atoms with Gasteiger partial charge in [0.2, 0.25) is 0 Å². The largest absolute Gasteiger partial charge is 0.491 e. The summed E-state index contributed by atoms with van der Waals surface area (Å²) in [7, 11) is 0. The van der Waals surface area contributed by atoms with E-state index in [1.165, 1.54) is 30.8 Å². The average molecular weight is 435 g/mol. The normalized spacial score (nSPS) is 17.5. The van der Waals surface area contributed by atoms with E-state index in [0.717, 1.165) is 34.9 Å². The molecule has 2 aromatic heterocycles. The van der Waals surface area contributed by atoms with Crippen molar-refractivity contribution in [1.29, 1.82) is 0 Å². The van der Waals surface area contributed by atoms with Gasteiger partial charge in [-0.1, -0.05) is 0 Å². The van der Waals surface area contributed by atoms with Gasteiger partial charge in [0.05, 0.1) is 17.8 Å². The molecule has 6 heteroatoms. The van der Waals surface area contributed by atoms with Crippen molar-refractivity contribution in [3.8, 4) is 28.4 Å². The van der Waals surface area contributed by atoms with Gasteiger partial charge in [-0.05, 0) is 77.0 Å². The molecule has 2 aliphatic heterocycles. The number of ether oxygens (including phenoxy) is 1. The van der Waals surface area contributed by atoms with E-state index >= 15 is 0 Å². The Balaban J connectivity index is 1.39. The predicted octanol–water partition coefficient (Wildman–Crippen LogP) is 5.36. The number of piperidine rings is 1. The molecule has 0 saturated carbocycles. The van der Waals surface area contributed by atoms with E-state index in [0.29, 0.717) is 11.9 Å². The zero-order chi connectivity index (χ0) is 21.4. The first-order valence-corrected chi connectivity index (χ1v) is 12.0. The zero-order valence-corrected chi connectivity index (χ0v) is 19.4. The monoisotopic (exact) mass is 434 g/mol. The molecule has 0 spiro atoms. The van der Waals surface area contributed by atoms with Crippen LogP contribution in [0.15, 0.2) is 53.8 Å². The van der Waals surface area contributed by atoms with Crippen molar-refractivity contribution >= 4 is 11.8 Å². The second-order valence-electron chi connectivity index (χ2n) is 9.37. The van der Waals surface area contributed by atoms with Crippen LogP contribution in [0, 0.1) is 0 Å². The molecule has 1 saturated heterocycles. The molecule has 0 atom stereocenters. The van der Waals surface area contributed by atoms with E-state index in [1.807, 2.05) is 24.0 Å². The number of aromatic nitrogens is 3. The van der Waals surface area contributed by atoms with E-state index in [4.69, 9.17) is 9.72 Å². The lowest BCUT2D eigenvalue weighted by atomic mass is 10.0.